The van der Waals surface area contributed by atoms with Crippen LogP contribution in [0.25, 0.3) is 6.08 Å². The van der Waals surface area contributed by atoms with Gasteiger partial charge in [-0.05, 0) is 46.4 Å². The van der Waals surface area contributed by atoms with Gasteiger partial charge in [0.25, 0.3) is 0 Å². The molecule has 0 aliphatic rings. The highest BCUT2D eigenvalue weighted by molar-refractivity contribution is 14.1. The summed E-state index contributed by atoms with van der Waals surface area (Å²) in [5, 5.41) is 8.55. The van der Waals surface area contributed by atoms with Crippen LogP contribution in [0.2, 0.25) is 0 Å². The summed E-state index contributed by atoms with van der Waals surface area (Å²) in [4.78, 5) is 21.4. The van der Waals surface area contributed by atoms with Crippen LogP contribution in [0.4, 0.5) is 0 Å². The summed E-state index contributed by atoms with van der Waals surface area (Å²) in [6.07, 6.45) is 2.46. The Balaban J connectivity index is 3.17. The Labute approximate surface area is 118 Å². The molecule has 1 aromatic rings. The van der Waals surface area contributed by atoms with Gasteiger partial charge in [-0.3, -0.25) is 4.79 Å². The minimum absolute atomic E-state index is 0.332. The van der Waals surface area contributed by atoms with E-state index in [0.717, 1.165) is 6.08 Å². The van der Waals surface area contributed by atoms with Gasteiger partial charge in [-0.25, -0.2) is 4.79 Å². The average molecular weight is 362 g/mol. The Morgan fingerprint density at radius 1 is 1.39 bits per heavy atom. The lowest BCUT2D eigenvalue weighted by molar-refractivity contribution is -0.132. The maximum absolute atomic E-state index is 11.0. The number of rotatable bonds is 4. The fourth-order valence-electron chi connectivity index (χ4n) is 1.25. The molecule has 5 nitrogen and oxygen atoms in total. The Hall–Kier alpha value is -1.57. The van der Waals surface area contributed by atoms with E-state index >= 15 is 0 Å². The van der Waals surface area contributed by atoms with Crippen LogP contribution < -0.4 is 9.47 Å². The van der Waals surface area contributed by atoms with Gasteiger partial charge in [-0.15, -0.1) is 0 Å². The summed E-state index contributed by atoms with van der Waals surface area (Å²) in [6, 6.07) is 3.29. The van der Waals surface area contributed by atoms with Crippen LogP contribution >= 0.6 is 22.6 Å². The Bertz CT molecular complexity index is 507. The molecule has 0 spiro atoms. The molecule has 18 heavy (non-hydrogen) atoms. The minimum atomic E-state index is -1.03. The fourth-order valence-corrected chi connectivity index (χ4v) is 1.98. The highest BCUT2D eigenvalue weighted by Crippen LogP contribution is 2.34. The predicted octanol–water partition coefficient (Wildman–Crippen LogP) is 2.32. The SMILES string of the molecule is COc1cc(C=CC(=O)O)cc(I)c1OC(C)=O. The number of carboxylic acid groups (broad SMARTS) is 1. The van der Waals surface area contributed by atoms with Crippen LogP contribution in [0.3, 0.4) is 0 Å². The molecule has 96 valence electrons. The van der Waals surface area contributed by atoms with E-state index in [4.69, 9.17) is 14.6 Å². The van der Waals surface area contributed by atoms with Crippen molar-refractivity contribution in [1.82, 2.24) is 0 Å². The van der Waals surface area contributed by atoms with Gasteiger partial charge in [-0.2, -0.15) is 0 Å². The lowest BCUT2D eigenvalue weighted by atomic mass is 10.2. The van der Waals surface area contributed by atoms with E-state index in [1.54, 1.807) is 12.1 Å². The summed E-state index contributed by atoms with van der Waals surface area (Å²) in [7, 11) is 1.45. The molecule has 0 bridgehead atoms. The van der Waals surface area contributed by atoms with Crippen molar-refractivity contribution in [3.63, 3.8) is 0 Å². The molecule has 1 rings (SSSR count). The summed E-state index contributed by atoms with van der Waals surface area (Å²) in [5.74, 6) is -0.770. The Morgan fingerprint density at radius 2 is 2.06 bits per heavy atom. The van der Waals surface area contributed by atoms with Crippen molar-refractivity contribution in [3.8, 4) is 11.5 Å². The molecule has 0 saturated carbocycles. The molecule has 1 N–H and O–H groups in total. The van der Waals surface area contributed by atoms with Crippen molar-refractivity contribution in [1.29, 1.82) is 0 Å². The molecule has 0 fully saturated rings. The van der Waals surface area contributed by atoms with E-state index < -0.39 is 11.9 Å². The van der Waals surface area contributed by atoms with Crippen molar-refractivity contribution < 1.29 is 24.2 Å². The van der Waals surface area contributed by atoms with Crippen molar-refractivity contribution in [3.05, 3.63) is 27.3 Å². The predicted molar refractivity (Wildman–Crippen MR) is 73.7 cm³/mol. The van der Waals surface area contributed by atoms with E-state index in [2.05, 4.69) is 0 Å². The van der Waals surface area contributed by atoms with Crippen molar-refractivity contribution in [2.75, 3.05) is 7.11 Å². The number of carboxylic acids is 1. The number of carbonyl (C=O) groups excluding carboxylic acids is 1. The van der Waals surface area contributed by atoms with Gasteiger partial charge in [0.2, 0.25) is 0 Å². The average Bonchev–Trinajstić information content (AvgIpc) is 2.28. The first-order valence-electron chi connectivity index (χ1n) is 4.91. The van der Waals surface area contributed by atoms with Gasteiger partial charge in [-0.1, -0.05) is 0 Å². The van der Waals surface area contributed by atoms with Crippen LogP contribution in [-0.4, -0.2) is 24.2 Å². The van der Waals surface area contributed by atoms with Gasteiger partial charge < -0.3 is 14.6 Å². The maximum Gasteiger partial charge on any atom is 0.328 e. The van der Waals surface area contributed by atoms with Gasteiger partial charge in [0.15, 0.2) is 11.5 Å². The van der Waals surface area contributed by atoms with Crippen LogP contribution in [0.5, 0.6) is 11.5 Å². The van der Waals surface area contributed by atoms with Gasteiger partial charge >= 0.3 is 11.9 Å². The molecule has 0 saturated heterocycles. The number of aliphatic carboxylic acids is 1. The van der Waals surface area contributed by atoms with Gasteiger partial charge in [0.05, 0.1) is 10.7 Å². The molecule has 1 aromatic carbocycles. The normalized spacial score (nSPS) is 10.4. The van der Waals surface area contributed by atoms with Crippen molar-refractivity contribution >= 4 is 40.6 Å². The van der Waals surface area contributed by atoms with Crippen molar-refractivity contribution in [2.45, 2.75) is 6.92 Å². The number of esters is 1. The standard InChI is InChI=1S/C12H11IO5/c1-7(14)18-12-9(13)5-8(3-4-11(15)16)6-10(12)17-2/h3-6H,1-2H3,(H,15,16). The van der Waals surface area contributed by atoms with Gasteiger partial charge in [0, 0.05) is 13.0 Å². The number of carbonyl (C=O) groups is 2. The monoisotopic (exact) mass is 362 g/mol. The summed E-state index contributed by atoms with van der Waals surface area (Å²) in [6.45, 7) is 1.30. The third kappa shape index (κ3) is 4.02. The number of benzene rings is 1. The first-order chi connectivity index (χ1) is 8.43. The molecule has 0 aliphatic heterocycles. The zero-order chi connectivity index (χ0) is 13.7. The highest BCUT2D eigenvalue weighted by Gasteiger charge is 2.12. The summed E-state index contributed by atoms with van der Waals surface area (Å²) < 4.78 is 10.8. The fraction of sp³-hybridized carbons (Fsp3) is 0.167. The summed E-state index contributed by atoms with van der Waals surface area (Å²) >= 11 is 1.99. The highest BCUT2D eigenvalue weighted by atomic mass is 127. The van der Waals surface area contributed by atoms with E-state index in [1.165, 1.54) is 20.1 Å². The van der Waals surface area contributed by atoms with E-state index in [9.17, 15) is 9.59 Å². The molecule has 0 unspecified atom stereocenters. The smallest absolute Gasteiger partial charge is 0.328 e. The number of halogens is 1. The minimum Gasteiger partial charge on any atom is -0.493 e. The topological polar surface area (TPSA) is 72.8 Å². The molecule has 0 amide bonds. The second-order valence-corrected chi connectivity index (χ2v) is 4.46. The van der Waals surface area contributed by atoms with Crippen LogP contribution in [0, 0.1) is 3.57 Å². The quantitative estimate of drug-likeness (QED) is 0.385. The lowest BCUT2D eigenvalue weighted by Crippen LogP contribution is -2.05. The zero-order valence-corrected chi connectivity index (χ0v) is 11.9. The third-order valence-corrected chi connectivity index (χ3v) is 2.72. The maximum atomic E-state index is 11.0. The van der Waals surface area contributed by atoms with Crippen molar-refractivity contribution in [2.24, 2.45) is 0 Å². The molecule has 0 atom stereocenters. The first kappa shape index (κ1) is 14.5. The van der Waals surface area contributed by atoms with E-state index in [-0.39, 0.29) is 0 Å². The van der Waals surface area contributed by atoms with Gasteiger partial charge in [0.1, 0.15) is 0 Å². The Morgan fingerprint density at radius 3 is 2.56 bits per heavy atom. The molecular weight excluding hydrogens is 351 g/mol. The van der Waals surface area contributed by atoms with Crippen LogP contribution in [0.1, 0.15) is 12.5 Å². The number of methoxy groups -OCH3 is 1. The third-order valence-electron chi connectivity index (χ3n) is 1.92. The van der Waals surface area contributed by atoms with Crippen LogP contribution in [-0.2, 0) is 9.59 Å². The Kier molecular flexibility index (Phi) is 5.14. The molecule has 6 heteroatoms. The largest absolute Gasteiger partial charge is 0.493 e. The number of hydrogen-bond acceptors (Lipinski definition) is 4. The molecule has 0 radical (unpaired) electrons. The number of ether oxygens (including phenoxy) is 2. The first-order valence-corrected chi connectivity index (χ1v) is 5.99. The lowest BCUT2D eigenvalue weighted by Gasteiger charge is -2.10. The van der Waals surface area contributed by atoms with Crippen LogP contribution in [0.15, 0.2) is 18.2 Å². The number of hydrogen-bond donors (Lipinski definition) is 1. The second kappa shape index (κ2) is 6.39. The summed E-state index contributed by atoms with van der Waals surface area (Å²) in [5.41, 5.74) is 0.648. The van der Waals surface area contributed by atoms with E-state index in [0.29, 0.717) is 20.6 Å². The molecule has 0 heterocycles. The molecular formula is C12H11IO5. The zero-order valence-electron chi connectivity index (χ0n) is 9.77. The van der Waals surface area contributed by atoms with E-state index in [1.807, 2.05) is 22.6 Å². The molecule has 0 aliphatic carbocycles. The molecule has 0 aromatic heterocycles. The second-order valence-electron chi connectivity index (χ2n) is 3.30.